The van der Waals surface area contributed by atoms with Crippen LogP contribution in [0.25, 0.3) is 0 Å². The second kappa shape index (κ2) is 8.15. The summed E-state index contributed by atoms with van der Waals surface area (Å²) in [6.45, 7) is 10.7. The van der Waals surface area contributed by atoms with Crippen molar-refractivity contribution in [2.75, 3.05) is 0 Å². The van der Waals surface area contributed by atoms with Gasteiger partial charge >= 0.3 is 0 Å². The molecule has 0 saturated heterocycles. The summed E-state index contributed by atoms with van der Waals surface area (Å²) in [6.07, 6.45) is 3.20. The Morgan fingerprint density at radius 1 is 1.08 bits per heavy atom. The van der Waals surface area contributed by atoms with Crippen molar-refractivity contribution in [2.45, 2.75) is 70.9 Å². The highest BCUT2D eigenvalue weighted by Gasteiger charge is 2.24. The second-order valence-electron chi connectivity index (χ2n) is 6.47. The molecular formula is C19H29N3O2S. The summed E-state index contributed by atoms with van der Waals surface area (Å²) in [4.78, 5) is 0.254. The third kappa shape index (κ3) is 4.30. The fourth-order valence-electron chi connectivity index (χ4n) is 2.94. The van der Waals surface area contributed by atoms with Crippen molar-refractivity contribution < 1.29 is 8.42 Å². The van der Waals surface area contributed by atoms with Gasteiger partial charge in [-0.05, 0) is 43.7 Å². The quantitative estimate of drug-likeness (QED) is 0.766. The van der Waals surface area contributed by atoms with Crippen LogP contribution in [0.4, 0.5) is 0 Å². The van der Waals surface area contributed by atoms with Gasteiger partial charge < -0.3 is 0 Å². The zero-order chi connectivity index (χ0) is 18.6. The smallest absolute Gasteiger partial charge is 0.244 e. The predicted octanol–water partition coefficient (Wildman–Crippen LogP) is 4.15. The summed E-state index contributed by atoms with van der Waals surface area (Å²) in [7, 11) is -3.60. The summed E-state index contributed by atoms with van der Waals surface area (Å²) in [5.41, 5.74) is 2.93. The van der Waals surface area contributed by atoms with E-state index in [0.717, 1.165) is 12.0 Å². The van der Waals surface area contributed by atoms with Gasteiger partial charge in [0.25, 0.3) is 0 Å². The topological polar surface area (TPSA) is 64.0 Å². The van der Waals surface area contributed by atoms with E-state index in [9.17, 15) is 8.42 Å². The molecule has 0 fully saturated rings. The minimum atomic E-state index is -3.60. The fraction of sp³-hybridized carbons (Fsp3) is 0.526. The zero-order valence-corrected chi connectivity index (χ0v) is 16.6. The molecule has 6 heteroatoms. The van der Waals surface area contributed by atoms with Crippen molar-refractivity contribution in [3.8, 4) is 0 Å². The Hall–Kier alpha value is -1.66. The van der Waals surface area contributed by atoms with E-state index in [1.807, 2.05) is 26.0 Å². The van der Waals surface area contributed by atoms with Gasteiger partial charge in [-0.3, -0.25) is 4.68 Å². The maximum Gasteiger partial charge on any atom is 0.244 e. The summed E-state index contributed by atoms with van der Waals surface area (Å²) >= 11 is 0. The molecule has 2 rings (SSSR count). The number of nitrogens with one attached hydrogen (secondary N) is 1. The number of nitrogens with zero attached hydrogens (tertiary/aromatic N) is 2. The Kier molecular flexibility index (Phi) is 6.41. The van der Waals surface area contributed by atoms with Crippen LogP contribution in [0, 0.1) is 6.92 Å². The van der Waals surface area contributed by atoms with Gasteiger partial charge in [0.2, 0.25) is 10.0 Å². The minimum absolute atomic E-state index is 0.250. The molecule has 0 unspecified atom stereocenters. The van der Waals surface area contributed by atoms with E-state index < -0.39 is 10.0 Å². The first-order valence-corrected chi connectivity index (χ1v) is 10.5. The lowest BCUT2D eigenvalue weighted by molar-refractivity contribution is 0.548. The van der Waals surface area contributed by atoms with E-state index in [2.05, 4.69) is 35.8 Å². The Balaban J connectivity index is 2.24. The summed E-state index contributed by atoms with van der Waals surface area (Å²) in [5, 5.41) is 4.14. The van der Waals surface area contributed by atoms with Gasteiger partial charge in [-0.25, -0.2) is 13.1 Å². The maximum atomic E-state index is 12.8. The standard InChI is InChI=1S/C19H29N3O2S/c1-6-14(4)16-9-11-17(12-10-16)18(7-2)21-25(23,24)19-13-20-22(8-3)15(19)5/h9-14,18,21H,6-8H2,1-5H3/t14-,18-/m0/s1. The Morgan fingerprint density at radius 3 is 2.16 bits per heavy atom. The van der Waals surface area contributed by atoms with E-state index >= 15 is 0 Å². The van der Waals surface area contributed by atoms with Crippen LogP contribution in [0.1, 0.15) is 69.3 Å². The van der Waals surface area contributed by atoms with Crippen LogP contribution in [-0.2, 0) is 16.6 Å². The third-order valence-electron chi connectivity index (χ3n) is 4.87. The summed E-state index contributed by atoms with van der Waals surface area (Å²) < 4.78 is 30.1. The normalized spacial score (nSPS) is 14.4. The molecule has 1 aromatic carbocycles. The van der Waals surface area contributed by atoms with Gasteiger partial charge in [0, 0.05) is 12.6 Å². The van der Waals surface area contributed by atoms with Crippen LogP contribution in [0.15, 0.2) is 35.4 Å². The van der Waals surface area contributed by atoms with Gasteiger partial charge in [0.05, 0.1) is 11.9 Å². The lowest BCUT2D eigenvalue weighted by atomic mass is 9.96. The van der Waals surface area contributed by atoms with E-state index in [0.29, 0.717) is 24.6 Å². The van der Waals surface area contributed by atoms with Gasteiger partial charge in [-0.1, -0.05) is 45.0 Å². The molecule has 2 atom stereocenters. The maximum absolute atomic E-state index is 12.8. The molecular weight excluding hydrogens is 334 g/mol. The molecule has 2 aromatic rings. The van der Waals surface area contributed by atoms with Crippen molar-refractivity contribution in [3.05, 3.63) is 47.3 Å². The molecule has 5 nitrogen and oxygen atoms in total. The van der Waals surface area contributed by atoms with E-state index in [-0.39, 0.29) is 10.9 Å². The zero-order valence-electron chi connectivity index (χ0n) is 15.8. The van der Waals surface area contributed by atoms with E-state index in [1.165, 1.54) is 11.8 Å². The number of aromatic nitrogens is 2. The highest BCUT2D eigenvalue weighted by molar-refractivity contribution is 7.89. The Bertz CT molecular complexity index is 795. The molecule has 0 amide bonds. The van der Waals surface area contributed by atoms with Gasteiger partial charge in [-0.2, -0.15) is 5.10 Å². The second-order valence-corrected chi connectivity index (χ2v) is 8.15. The predicted molar refractivity (Wildman–Crippen MR) is 101 cm³/mol. The number of aryl methyl sites for hydroxylation is 1. The molecule has 1 aromatic heterocycles. The van der Waals surface area contributed by atoms with Crippen molar-refractivity contribution in [2.24, 2.45) is 0 Å². The third-order valence-corrected chi connectivity index (χ3v) is 6.45. The SMILES string of the molecule is CC[C@H](NS(=O)(=O)c1cnn(CC)c1C)c1ccc([C@@H](C)CC)cc1. The lowest BCUT2D eigenvalue weighted by Crippen LogP contribution is -2.28. The van der Waals surface area contributed by atoms with Gasteiger partial charge in [0.1, 0.15) is 4.90 Å². The first-order valence-electron chi connectivity index (χ1n) is 8.98. The Morgan fingerprint density at radius 2 is 1.68 bits per heavy atom. The van der Waals surface area contributed by atoms with E-state index in [4.69, 9.17) is 0 Å². The molecule has 1 heterocycles. The largest absolute Gasteiger partial charge is 0.269 e. The molecule has 0 spiro atoms. The van der Waals surface area contributed by atoms with Gasteiger partial charge in [-0.15, -0.1) is 0 Å². The monoisotopic (exact) mass is 363 g/mol. The highest BCUT2D eigenvalue weighted by Crippen LogP contribution is 2.25. The molecule has 138 valence electrons. The molecule has 0 aliphatic carbocycles. The average molecular weight is 364 g/mol. The van der Waals surface area contributed by atoms with Crippen LogP contribution < -0.4 is 4.72 Å². The molecule has 1 N–H and O–H groups in total. The van der Waals surface area contributed by atoms with Crippen molar-refractivity contribution >= 4 is 10.0 Å². The average Bonchev–Trinajstić information content (AvgIpc) is 3.00. The summed E-state index contributed by atoms with van der Waals surface area (Å²) in [5.74, 6) is 0.508. The number of sulfonamides is 1. The summed E-state index contributed by atoms with van der Waals surface area (Å²) in [6, 6.07) is 8.00. The Labute approximate surface area is 151 Å². The van der Waals surface area contributed by atoms with Crippen LogP contribution in [0.3, 0.4) is 0 Å². The van der Waals surface area contributed by atoms with E-state index in [1.54, 1.807) is 11.6 Å². The van der Waals surface area contributed by atoms with Crippen LogP contribution >= 0.6 is 0 Å². The van der Waals surface area contributed by atoms with Crippen molar-refractivity contribution in [3.63, 3.8) is 0 Å². The fourth-order valence-corrected chi connectivity index (χ4v) is 4.43. The number of benzene rings is 1. The molecule has 0 bridgehead atoms. The molecule has 0 saturated carbocycles. The first-order chi connectivity index (χ1) is 11.8. The lowest BCUT2D eigenvalue weighted by Gasteiger charge is -2.18. The van der Waals surface area contributed by atoms with Crippen molar-refractivity contribution in [1.29, 1.82) is 0 Å². The number of hydrogen-bond acceptors (Lipinski definition) is 3. The first kappa shape index (κ1) is 19.7. The molecule has 0 aliphatic heterocycles. The van der Waals surface area contributed by atoms with Crippen LogP contribution in [0.2, 0.25) is 0 Å². The van der Waals surface area contributed by atoms with Crippen LogP contribution in [-0.4, -0.2) is 18.2 Å². The minimum Gasteiger partial charge on any atom is -0.269 e. The molecule has 0 aliphatic rings. The van der Waals surface area contributed by atoms with Crippen molar-refractivity contribution in [1.82, 2.24) is 14.5 Å². The van der Waals surface area contributed by atoms with Gasteiger partial charge in [0.15, 0.2) is 0 Å². The van der Waals surface area contributed by atoms with Crippen LogP contribution in [0.5, 0.6) is 0 Å². The molecule has 25 heavy (non-hydrogen) atoms. The number of hydrogen-bond donors (Lipinski definition) is 1. The molecule has 0 radical (unpaired) electrons. The highest BCUT2D eigenvalue weighted by atomic mass is 32.2. The number of rotatable bonds is 8.